The third kappa shape index (κ3) is 5.04. The zero-order valence-electron chi connectivity index (χ0n) is 17.0. The molecule has 0 aromatic heterocycles. The van der Waals surface area contributed by atoms with Gasteiger partial charge < -0.3 is 20.3 Å². The number of para-hydroxylation sites is 3. The number of nitrogens with one attached hydrogen (secondary N) is 2. The summed E-state index contributed by atoms with van der Waals surface area (Å²) < 4.78 is 5.44. The summed E-state index contributed by atoms with van der Waals surface area (Å²) in [6.45, 7) is 8.09. The third-order valence-electron chi connectivity index (χ3n) is 5.18. The van der Waals surface area contributed by atoms with Gasteiger partial charge in [-0.1, -0.05) is 44.2 Å². The molecule has 0 bridgehead atoms. The second-order valence-corrected chi connectivity index (χ2v) is 7.00. The number of aryl methyl sites for hydroxylation is 2. The molecule has 1 saturated heterocycles. The maximum atomic E-state index is 12.6. The number of anilines is 3. The Balaban J connectivity index is 1.59. The highest BCUT2D eigenvalue weighted by Crippen LogP contribution is 2.26. The predicted octanol–water partition coefficient (Wildman–Crippen LogP) is 4.09. The molecule has 0 saturated carbocycles. The minimum absolute atomic E-state index is 0.0280. The summed E-state index contributed by atoms with van der Waals surface area (Å²) in [5.74, 6) is 0.0280. The highest BCUT2D eigenvalue weighted by Gasteiger charge is 2.15. The van der Waals surface area contributed by atoms with Crippen molar-refractivity contribution in [1.29, 1.82) is 0 Å². The molecule has 2 aromatic carbocycles. The Morgan fingerprint density at radius 3 is 2.36 bits per heavy atom. The van der Waals surface area contributed by atoms with Gasteiger partial charge in [-0.3, -0.25) is 4.79 Å². The van der Waals surface area contributed by atoms with E-state index in [2.05, 4.69) is 53.6 Å². The summed E-state index contributed by atoms with van der Waals surface area (Å²) in [6, 6.07) is 14.4. The average molecular weight is 382 g/mol. The molecule has 0 radical (unpaired) electrons. The van der Waals surface area contributed by atoms with E-state index in [0.717, 1.165) is 50.5 Å². The van der Waals surface area contributed by atoms with Gasteiger partial charge in [0.1, 0.15) is 0 Å². The normalized spacial score (nSPS) is 14.0. The van der Waals surface area contributed by atoms with Crippen LogP contribution >= 0.6 is 0 Å². The SMILES string of the molecule is CCc1cccc(CC)c1NCCC(=O)Nc1ccccc1N1CCOCC1. The minimum atomic E-state index is 0.0280. The summed E-state index contributed by atoms with van der Waals surface area (Å²) in [7, 11) is 0. The molecule has 0 spiro atoms. The van der Waals surface area contributed by atoms with Crippen LogP contribution < -0.4 is 15.5 Å². The van der Waals surface area contributed by atoms with Crippen molar-refractivity contribution >= 4 is 23.0 Å². The fourth-order valence-electron chi connectivity index (χ4n) is 3.64. The lowest BCUT2D eigenvalue weighted by atomic mass is 10.0. The van der Waals surface area contributed by atoms with E-state index in [1.165, 1.54) is 16.8 Å². The van der Waals surface area contributed by atoms with Crippen LogP contribution in [0.2, 0.25) is 0 Å². The Kier molecular flexibility index (Phi) is 7.31. The van der Waals surface area contributed by atoms with Crippen LogP contribution in [-0.2, 0) is 22.4 Å². The van der Waals surface area contributed by atoms with E-state index in [1.807, 2.05) is 18.2 Å². The molecule has 150 valence electrons. The van der Waals surface area contributed by atoms with Crippen LogP contribution in [0.5, 0.6) is 0 Å². The molecule has 0 unspecified atom stereocenters. The fraction of sp³-hybridized carbons (Fsp3) is 0.435. The van der Waals surface area contributed by atoms with Gasteiger partial charge in [0.05, 0.1) is 24.6 Å². The van der Waals surface area contributed by atoms with Gasteiger partial charge in [0.15, 0.2) is 0 Å². The second kappa shape index (κ2) is 10.1. The molecule has 1 heterocycles. The first-order chi connectivity index (χ1) is 13.7. The molecule has 0 atom stereocenters. The van der Waals surface area contributed by atoms with Crippen LogP contribution in [0.3, 0.4) is 0 Å². The fourth-order valence-corrected chi connectivity index (χ4v) is 3.64. The number of amides is 1. The lowest BCUT2D eigenvalue weighted by Gasteiger charge is -2.30. The van der Waals surface area contributed by atoms with Crippen molar-refractivity contribution in [2.24, 2.45) is 0 Å². The number of carbonyl (C=O) groups excluding carboxylic acids is 1. The molecular weight excluding hydrogens is 350 g/mol. The lowest BCUT2D eigenvalue weighted by Crippen LogP contribution is -2.36. The van der Waals surface area contributed by atoms with Crippen molar-refractivity contribution < 1.29 is 9.53 Å². The molecule has 3 rings (SSSR count). The molecule has 1 aliphatic rings. The summed E-state index contributed by atoms with van der Waals surface area (Å²) in [4.78, 5) is 14.8. The van der Waals surface area contributed by atoms with Gasteiger partial charge in [-0.15, -0.1) is 0 Å². The first-order valence-corrected chi connectivity index (χ1v) is 10.3. The van der Waals surface area contributed by atoms with Gasteiger partial charge in [-0.2, -0.15) is 0 Å². The molecule has 2 N–H and O–H groups in total. The van der Waals surface area contributed by atoms with Crippen molar-refractivity contribution in [2.45, 2.75) is 33.1 Å². The molecule has 28 heavy (non-hydrogen) atoms. The van der Waals surface area contributed by atoms with Crippen LogP contribution in [0.25, 0.3) is 0 Å². The van der Waals surface area contributed by atoms with Crippen LogP contribution in [0, 0.1) is 0 Å². The molecule has 1 fully saturated rings. The Labute approximate surface area is 168 Å². The standard InChI is InChI=1S/C23H31N3O2/c1-3-18-8-7-9-19(4-2)23(18)24-13-12-22(27)25-20-10-5-6-11-21(20)26-14-16-28-17-15-26/h5-11,24H,3-4,12-17H2,1-2H3,(H,25,27). The number of hydrogen-bond donors (Lipinski definition) is 2. The van der Waals surface area contributed by atoms with Gasteiger partial charge in [0.2, 0.25) is 5.91 Å². The Morgan fingerprint density at radius 2 is 1.68 bits per heavy atom. The van der Waals surface area contributed by atoms with Crippen LogP contribution in [-0.4, -0.2) is 38.8 Å². The number of nitrogens with zero attached hydrogens (tertiary/aromatic N) is 1. The van der Waals surface area contributed by atoms with E-state index in [9.17, 15) is 4.79 Å². The van der Waals surface area contributed by atoms with Crippen molar-refractivity contribution in [2.75, 3.05) is 48.4 Å². The van der Waals surface area contributed by atoms with E-state index in [1.54, 1.807) is 0 Å². The first kappa shape index (κ1) is 20.2. The number of carbonyl (C=O) groups is 1. The van der Waals surface area contributed by atoms with Gasteiger partial charge in [0, 0.05) is 31.7 Å². The number of morpholine rings is 1. The second-order valence-electron chi connectivity index (χ2n) is 7.00. The lowest BCUT2D eigenvalue weighted by molar-refractivity contribution is -0.115. The number of hydrogen-bond acceptors (Lipinski definition) is 4. The number of ether oxygens (including phenoxy) is 1. The van der Waals surface area contributed by atoms with E-state index >= 15 is 0 Å². The zero-order chi connectivity index (χ0) is 19.8. The first-order valence-electron chi connectivity index (χ1n) is 10.3. The highest BCUT2D eigenvalue weighted by atomic mass is 16.5. The molecular formula is C23H31N3O2. The van der Waals surface area contributed by atoms with Crippen molar-refractivity contribution in [1.82, 2.24) is 0 Å². The Bertz CT molecular complexity index is 763. The maximum Gasteiger partial charge on any atom is 0.226 e. The van der Waals surface area contributed by atoms with Crippen molar-refractivity contribution in [3.8, 4) is 0 Å². The summed E-state index contributed by atoms with van der Waals surface area (Å²) >= 11 is 0. The minimum Gasteiger partial charge on any atom is -0.384 e. The Morgan fingerprint density at radius 1 is 1.00 bits per heavy atom. The molecule has 1 aliphatic heterocycles. The smallest absolute Gasteiger partial charge is 0.226 e. The van der Waals surface area contributed by atoms with Crippen LogP contribution in [0.15, 0.2) is 42.5 Å². The molecule has 5 nitrogen and oxygen atoms in total. The highest BCUT2D eigenvalue weighted by molar-refractivity contribution is 5.94. The van der Waals surface area contributed by atoms with Gasteiger partial charge in [-0.05, 0) is 36.1 Å². The number of rotatable bonds is 8. The van der Waals surface area contributed by atoms with E-state index in [0.29, 0.717) is 13.0 Å². The molecule has 5 heteroatoms. The molecule has 2 aromatic rings. The average Bonchev–Trinajstić information content (AvgIpc) is 2.74. The van der Waals surface area contributed by atoms with E-state index < -0.39 is 0 Å². The van der Waals surface area contributed by atoms with Crippen LogP contribution in [0.4, 0.5) is 17.1 Å². The third-order valence-corrected chi connectivity index (χ3v) is 5.18. The summed E-state index contributed by atoms with van der Waals surface area (Å²) in [5, 5.41) is 6.58. The maximum absolute atomic E-state index is 12.6. The summed E-state index contributed by atoms with van der Waals surface area (Å²) in [5.41, 5.74) is 5.73. The largest absolute Gasteiger partial charge is 0.384 e. The van der Waals surface area contributed by atoms with E-state index in [4.69, 9.17) is 4.74 Å². The van der Waals surface area contributed by atoms with E-state index in [-0.39, 0.29) is 5.91 Å². The van der Waals surface area contributed by atoms with Crippen molar-refractivity contribution in [3.05, 3.63) is 53.6 Å². The Hall–Kier alpha value is -2.53. The monoisotopic (exact) mass is 381 g/mol. The van der Waals surface area contributed by atoms with Crippen molar-refractivity contribution in [3.63, 3.8) is 0 Å². The topological polar surface area (TPSA) is 53.6 Å². The van der Waals surface area contributed by atoms with Gasteiger partial charge >= 0.3 is 0 Å². The van der Waals surface area contributed by atoms with Gasteiger partial charge in [0.25, 0.3) is 0 Å². The number of benzene rings is 2. The van der Waals surface area contributed by atoms with Gasteiger partial charge in [-0.25, -0.2) is 0 Å². The molecule has 1 amide bonds. The zero-order valence-corrected chi connectivity index (χ0v) is 17.0. The molecule has 0 aliphatic carbocycles. The quantitative estimate of drug-likeness (QED) is 0.723. The summed E-state index contributed by atoms with van der Waals surface area (Å²) in [6.07, 6.45) is 2.39. The van der Waals surface area contributed by atoms with Crippen LogP contribution in [0.1, 0.15) is 31.4 Å². The predicted molar refractivity (Wildman–Crippen MR) is 116 cm³/mol.